The first-order chi connectivity index (χ1) is 16.7. The van der Waals surface area contributed by atoms with Crippen LogP contribution in [0.1, 0.15) is 29.0 Å². The lowest BCUT2D eigenvalue weighted by molar-refractivity contribution is -0.131. The molecule has 0 aliphatic carbocycles. The number of carbonyl (C=O) groups excluding carboxylic acids is 1. The lowest BCUT2D eigenvalue weighted by Crippen LogP contribution is -2.40. The van der Waals surface area contributed by atoms with Crippen molar-refractivity contribution in [3.63, 3.8) is 0 Å². The van der Waals surface area contributed by atoms with Gasteiger partial charge in [0.1, 0.15) is 0 Å². The van der Waals surface area contributed by atoms with Gasteiger partial charge in [-0.3, -0.25) is 14.7 Å². The van der Waals surface area contributed by atoms with Crippen LogP contribution in [0.5, 0.6) is 0 Å². The highest BCUT2D eigenvalue weighted by molar-refractivity contribution is 5.87. The molecule has 1 fully saturated rings. The first-order valence-corrected chi connectivity index (χ1v) is 12.0. The molecule has 1 aliphatic heterocycles. The van der Waals surface area contributed by atoms with Crippen LogP contribution in [0.3, 0.4) is 0 Å². The molecule has 6 heteroatoms. The number of nitrogens with zero attached hydrogens (tertiary/aromatic N) is 3. The number of hydrogen-bond donors (Lipinski definition) is 1. The summed E-state index contributed by atoms with van der Waals surface area (Å²) in [5.41, 5.74) is 3.02. The van der Waals surface area contributed by atoms with Crippen molar-refractivity contribution in [2.45, 2.75) is 25.0 Å². The van der Waals surface area contributed by atoms with E-state index in [1.807, 2.05) is 77.7 Å². The minimum Gasteiger partial charge on any atom is -0.389 e. The molecule has 1 saturated heterocycles. The minimum atomic E-state index is -0.569. The average Bonchev–Trinajstić information content (AvgIpc) is 3.12. The Kier molecular flexibility index (Phi) is 8.79. The Labute approximate surface area is 201 Å². The van der Waals surface area contributed by atoms with E-state index < -0.39 is 6.10 Å². The minimum absolute atomic E-state index is 0.139. The van der Waals surface area contributed by atoms with Crippen molar-refractivity contribution in [1.82, 2.24) is 14.8 Å². The number of β-amino-alcohol motifs (C(OH)–C–C–N with tert-alkyl or cyclic N) is 1. The second-order valence-electron chi connectivity index (χ2n) is 8.76. The van der Waals surface area contributed by atoms with Crippen molar-refractivity contribution in [2.75, 3.05) is 39.3 Å². The highest BCUT2D eigenvalue weighted by Crippen LogP contribution is 2.27. The molecule has 0 radical (unpaired) electrons. The summed E-state index contributed by atoms with van der Waals surface area (Å²) in [5, 5.41) is 10.5. The summed E-state index contributed by atoms with van der Waals surface area (Å²) in [5.74, 6) is -0.167. The van der Waals surface area contributed by atoms with E-state index >= 15 is 0 Å². The van der Waals surface area contributed by atoms with E-state index in [1.165, 1.54) is 0 Å². The Morgan fingerprint density at radius 3 is 2.26 bits per heavy atom. The molecule has 34 heavy (non-hydrogen) atoms. The highest BCUT2D eigenvalue weighted by atomic mass is 16.5. The maximum atomic E-state index is 13.7. The highest BCUT2D eigenvalue weighted by Gasteiger charge is 2.29. The van der Waals surface area contributed by atoms with Crippen molar-refractivity contribution >= 4 is 5.91 Å². The van der Waals surface area contributed by atoms with E-state index in [0.717, 1.165) is 42.7 Å². The van der Waals surface area contributed by atoms with Gasteiger partial charge in [0.2, 0.25) is 5.91 Å². The molecular formula is C28H33N3O3. The van der Waals surface area contributed by atoms with Crippen molar-refractivity contribution < 1.29 is 14.6 Å². The summed E-state index contributed by atoms with van der Waals surface area (Å²) in [6, 6.07) is 23.9. The summed E-state index contributed by atoms with van der Waals surface area (Å²) in [6.07, 6.45) is 3.81. The summed E-state index contributed by atoms with van der Waals surface area (Å²) in [6.45, 7) is 4.21. The monoisotopic (exact) mass is 459 g/mol. The molecule has 0 bridgehead atoms. The van der Waals surface area contributed by atoms with E-state index in [9.17, 15) is 9.90 Å². The Bertz CT molecular complexity index is 962. The largest absolute Gasteiger partial charge is 0.389 e. The van der Waals surface area contributed by atoms with Crippen LogP contribution in [0.4, 0.5) is 0 Å². The molecule has 3 aromatic rings. The van der Waals surface area contributed by atoms with Crippen molar-refractivity contribution in [2.24, 2.45) is 0 Å². The Balaban J connectivity index is 1.32. The zero-order chi connectivity index (χ0) is 23.6. The predicted octanol–water partition coefficient (Wildman–Crippen LogP) is 3.33. The lowest BCUT2D eigenvalue weighted by Gasteiger charge is -2.27. The van der Waals surface area contributed by atoms with Gasteiger partial charge in [0.05, 0.1) is 25.2 Å². The summed E-state index contributed by atoms with van der Waals surface area (Å²) >= 11 is 0. The number of aliphatic hydroxyl groups is 1. The second-order valence-corrected chi connectivity index (χ2v) is 8.76. The van der Waals surface area contributed by atoms with E-state index in [4.69, 9.17) is 4.74 Å². The van der Waals surface area contributed by atoms with Gasteiger partial charge in [-0.05, 0) is 35.7 Å². The topological polar surface area (TPSA) is 65.9 Å². The van der Waals surface area contributed by atoms with Gasteiger partial charge in [0, 0.05) is 38.6 Å². The number of aliphatic hydroxyl groups excluding tert-OH is 1. The van der Waals surface area contributed by atoms with Crippen molar-refractivity contribution in [3.8, 4) is 0 Å². The van der Waals surface area contributed by atoms with Gasteiger partial charge in [0.25, 0.3) is 0 Å². The Hall–Kier alpha value is -3.06. The molecule has 4 rings (SSSR count). The summed E-state index contributed by atoms with van der Waals surface area (Å²) in [7, 11) is 0. The Morgan fingerprint density at radius 1 is 0.912 bits per heavy atom. The van der Waals surface area contributed by atoms with Crippen LogP contribution >= 0.6 is 0 Å². The number of benzene rings is 2. The zero-order valence-corrected chi connectivity index (χ0v) is 19.5. The van der Waals surface area contributed by atoms with Gasteiger partial charge in [-0.25, -0.2) is 0 Å². The normalized spacial score (nSPS) is 15.8. The van der Waals surface area contributed by atoms with Gasteiger partial charge in [0.15, 0.2) is 0 Å². The fourth-order valence-corrected chi connectivity index (χ4v) is 4.47. The van der Waals surface area contributed by atoms with Crippen LogP contribution in [-0.2, 0) is 16.1 Å². The lowest BCUT2D eigenvalue weighted by atomic mass is 9.90. The molecule has 1 unspecified atom stereocenters. The van der Waals surface area contributed by atoms with E-state index in [2.05, 4.69) is 9.88 Å². The molecule has 1 amide bonds. The van der Waals surface area contributed by atoms with Crippen LogP contribution in [0.2, 0.25) is 0 Å². The zero-order valence-electron chi connectivity index (χ0n) is 19.5. The molecule has 1 aromatic heterocycles. The molecule has 2 heterocycles. The van der Waals surface area contributed by atoms with Gasteiger partial charge in [-0.2, -0.15) is 0 Å². The molecule has 0 saturated carbocycles. The smallest absolute Gasteiger partial charge is 0.234 e. The summed E-state index contributed by atoms with van der Waals surface area (Å²) in [4.78, 5) is 22.0. The fraction of sp³-hybridized carbons (Fsp3) is 0.357. The number of aromatic nitrogens is 1. The standard InChI is InChI=1S/C28H33N3O3/c32-26(22-34-21-23-9-7-14-29-19-23)20-30-15-8-16-31(18-17-30)28(33)27(24-10-3-1-4-11-24)25-12-5-2-6-13-25/h1-7,9-14,19,26-27,32H,8,15-18,20-22H2. The number of pyridine rings is 1. The van der Waals surface area contributed by atoms with Crippen LogP contribution in [0.25, 0.3) is 0 Å². The molecule has 1 atom stereocenters. The maximum absolute atomic E-state index is 13.7. The van der Waals surface area contributed by atoms with Crippen LogP contribution < -0.4 is 0 Å². The predicted molar refractivity (Wildman–Crippen MR) is 132 cm³/mol. The second kappa shape index (κ2) is 12.4. The van der Waals surface area contributed by atoms with Gasteiger partial charge < -0.3 is 14.7 Å². The molecule has 178 valence electrons. The third-order valence-electron chi connectivity index (χ3n) is 6.18. The van der Waals surface area contributed by atoms with Gasteiger partial charge in [-0.1, -0.05) is 66.7 Å². The number of hydrogen-bond acceptors (Lipinski definition) is 5. The molecule has 1 aliphatic rings. The van der Waals surface area contributed by atoms with Crippen LogP contribution in [-0.4, -0.2) is 71.2 Å². The third kappa shape index (κ3) is 6.73. The van der Waals surface area contributed by atoms with Crippen LogP contribution in [0, 0.1) is 0 Å². The first kappa shape index (κ1) is 24.1. The molecule has 0 spiro atoms. The molecule has 1 N–H and O–H groups in total. The van der Waals surface area contributed by atoms with Gasteiger partial charge >= 0.3 is 0 Å². The SMILES string of the molecule is O=C(C(c1ccccc1)c1ccccc1)N1CCCN(CC(O)COCc2cccnc2)CC1. The van der Waals surface area contributed by atoms with Gasteiger partial charge in [-0.15, -0.1) is 0 Å². The number of amides is 1. The first-order valence-electron chi connectivity index (χ1n) is 12.0. The number of rotatable bonds is 9. The van der Waals surface area contributed by atoms with Crippen molar-refractivity contribution in [3.05, 3.63) is 102 Å². The number of ether oxygens (including phenoxy) is 1. The maximum Gasteiger partial charge on any atom is 0.234 e. The third-order valence-corrected chi connectivity index (χ3v) is 6.18. The Morgan fingerprint density at radius 2 is 1.62 bits per heavy atom. The summed E-state index contributed by atoms with van der Waals surface area (Å²) < 4.78 is 5.66. The molecule has 6 nitrogen and oxygen atoms in total. The van der Waals surface area contributed by atoms with E-state index in [0.29, 0.717) is 19.7 Å². The van der Waals surface area contributed by atoms with Crippen molar-refractivity contribution in [1.29, 1.82) is 0 Å². The molecule has 2 aromatic carbocycles. The number of carbonyl (C=O) groups is 1. The average molecular weight is 460 g/mol. The van der Waals surface area contributed by atoms with Crippen LogP contribution in [0.15, 0.2) is 85.2 Å². The van der Waals surface area contributed by atoms with E-state index in [-0.39, 0.29) is 18.4 Å². The molecular weight excluding hydrogens is 426 g/mol. The quantitative estimate of drug-likeness (QED) is 0.532. The fourth-order valence-electron chi connectivity index (χ4n) is 4.47. The van der Waals surface area contributed by atoms with E-state index in [1.54, 1.807) is 12.4 Å².